The van der Waals surface area contributed by atoms with E-state index in [4.69, 9.17) is 5.41 Å². The normalized spacial score (nSPS) is 13.1. The van der Waals surface area contributed by atoms with Crippen LogP contribution in [-0.2, 0) is 0 Å². The van der Waals surface area contributed by atoms with Gasteiger partial charge in [-0.1, -0.05) is 0 Å². The van der Waals surface area contributed by atoms with Crippen molar-refractivity contribution in [3.63, 3.8) is 0 Å². The third kappa shape index (κ3) is 3.26. The Bertz CT molecular complexity index is 1030. The molecule has 0 aliphatic carbocycles. The average Bonchev–Trinajstić information content (AvgIpc) is 3.14. The molecule has 27 heavy (non-hydrogen) atoms. The van der Waals surface area contributed by atoms with Crippen molar-refractivity contribution in [3.8, 4) is 0 Å². The molecule has 2 aromatic carbocycles. The molecule has 2 heterocycles. The lowest BCUT2D eigenvalue weighted by Gasteiger charge is -2.30. The van der Waals surface area contributed by atoms with Crippen LogP contribution >= 0.6 is 11.3 Å². The van der Waals surface area contributed by atoms with Crippen molar-refractivity contribution >= 4 is 39.5 Å². The number of thiophene rings is 1. The van der Waals surface area contributed by atoms with Gasteiger partial charge in [-0.15, -0.1) is 11.3 Å². The molecular weight excluding hydrogens is 370 g/mol. The maximum absolute atomic E-state index is 13.7. The second-order valence-corrected chi connectivity index (χ2v) is 6.82. The monoisotopic (exact) mass is 384 g/mol. The van der Waals surface area contributed by atoms with E-state index < -0.39 is 17.5 Å². The molecule has 0 unspecified atom stereocenters. The Morgan fingerprint density at radius 3 is 2.70 bits per heavy atom. The van der Waals surface area contributed by atoms with E-state index >= 15 is 0 Å². The summed E-state index contributed by atoms with van der Waals surface area (Å²) in [6.45, 7) is 0.465. The summed E-state index contributed by atoms with van der Waals surface area (Å²) in [6, 6.07) is 11.4. The number of amidine groups is 1. The molecule has 0 bridgehead atoms. The lowest BCUT2D eigenvalue weighted by molar-refractivity contribution is 0.102. The van der Waals surface area contributed by atoms with Gasteiger partial charge in [-0.05, 0) is 53.9 Å². The first-order valence-electron chi connectivity index (χ1n) is 8.07. The standard InChI is InChI=1S/C19H14F2N4OS/c20-11-1-6-16(21)15(9-11)18(26)24-12-2-4-13(5-3-12)25-10-23-19-14(17(25)22)7-8-27-19/h1-9,22-23H,10H2,(H,24,26). The van der Waals surface area contributed by atoms with Gasteiger partial charge in [0.2, 0.25) is 0 Å². The number of rotatable bonds is 3. The van der Waals surface area contributed by atoms with E-state index in [0.29, 0.717) is 18.2 Å². The molecule has 136 valence electrons. The average molecular weight is 384 g/mol. The highest BCUT2D eigenvalue weighted by Crippen LogP contribution is 2.31. The third-order valence-corrected chi connectivity index (χ3v) is 5.07. The van der Waals surface area contributed by atoms with Gasteiger partial charge in [-0.25, -0.2) is 8.78 Å². The topological polar surface area (TPSA) is 68.2 Å². The fourth-order valence-electron chi connectivity index (χ4n) is 2.82. The molecule has 1 aromatic heterocycles. The molecule has 5 nitrogen and oxygen atoms in total. The van der Waals surface area contributed by atoms with E-state index in [-0.39, 0.29) is 5.56 Å². The van der Waals surface area contributed by atoms with Crippen molar-refractivity contribution < 1.29 is 13.6 Å². The Kier molecular flexibility index (Phi) is 4.33. The number of hydrogen-bond acceptors (Lipinski definition) is 4. The van der Waals surface area contributed by atoms with Crippen LogP contribution in [-0.4, -0.2) is 18.4 Å². The first-order chi connectivity index (χ1) is 13.0. The summed E-state index contributed by atoms with van der Waals surface area (Å²) in [7, 11) is 0. The van der Waals surface area contributed by atoms with Gasteiger partial charge in [0.25, 0.3) is 5.91 Å². The van der Waals surface area contributed by atoms with Crippen molar-refractivity contribution in [2.75, 3.05) is 22.2 Å². The number of fused-ring (bicyclic) bond motifs is 1. The molecule has 1 amide bonds. The minimum atomic E-state index is -0.787. The van der Waals surface area contributed by atoms with E-state index in [1.54, 1.807) is 40.5 Å². The van der Waals surface area contributed by atoms with Crippen molar-refractivity contribution in [1.82, 2.24) is 0 Å². The number of benzene rings is 2. The number of carbonyl (C=O) groups excluding carboxylic acids is 1. The van der Waals surface area contributed by atoms with Crippen LogP contribution < -0.4 is 15.5 Å². The van der Waals surface area contributed by atoms with E-state index in [2.05, 4.69) is 10.6 Å². The molecule has 1 aliphatic heterocycles. The number of nitrogens with one attached hydrogen (secondary N) is 3. The Morgan fingerprint density at radius 1 is 1.15 bits per heavy atom. The maximum Gasteiger partial charge on any atom is 0.258 e. The highest BCUT2D eigenvalue weighted by molar-refractivity contribution is 7.14. The highest BCUT2D eigenvalue weighted by Gasteiger charge is 2.23. The van der Waals surface area contributed by atoms with E-state index in [1.807, 2.05) is 11.4 Å². The number of anilines is 3. The minimum absolute atomic E-state index is 0.355. The minimum Gasteiger partial charge on any atom is -0.359 e. The summed E-state index contributed by atoms with van der Waals surface area (Å²) in [5.74, 6) is -1.80. The number of hydrogen-bond donors (Lipinski definition) is 3. The zero-order chi connectivity index (χ0) is 19.0. The molecule has 0 atom stereocenters. The Labute approximate surface area is 157 Å². The number of carbonyl (C=O) groups is 1. The zero-order valence-electron chi connectivity index (χ0n) is 13.9. The molecule has 4 rings (SSSR count). The predicted octanol–water partition coefficient (Wildman–Crippen LogP) is 4.49. The number of nitrogens with zero attached hydrogens (tertiary/aromatic N) is 1. The molecule has 0 saturated heterocycles. The van der Waals surface area contributed by atoms with E-state index in [0.717, 1.165) is 34.5 Å². The summed E-state index contributed by atoms with van der Waals surface area (Å²) < 4.78 is 26.9. The summed E-state index contributed by atoms with van der Waals surface area (Å²) in [4.78, 5) is 14.0. The van der Waals surface area contributed by atoms with Crippen LogP contribution in [0.1, 0.15) is 15.9 Å². The first kappa shape index (κ1) is 17.2. The quantitative estimate of drug-likeness (QED) is 0.623. The van der Waals surface area contributed by atoms with Crippen LogP contribution in [0.4, 0.5) is 25.2 Å². The number of halogens is 2. The van der Waals surface area contributed by atoms with Crippen molar-refractivity contribution in [2.24, 2.45) is 0 Å². The molecular formula is C19H14F2N4OS. The second kappa shape index (κ2) is 6.81. The lowest BCUT2D eigenvalue weighted by Crippen LogP contribution is -2.39. The van der Waals surface area contributed by atoms with Crippen molar-refractivity contribution in [3.05, 3.63) is 76.7 Å². The molecule has 3 N–H and O–H groups in total. The molecule has 3 aromatic rings. The van der Waals surface area contributed by atoms with Crippen LogP contribution in [0.5, 0.6) is 0 Å². The Balaban J connectivity index is 1.50. The third-order valence-electron chi connectivity index (χ3n) is 4.20. The zero-order valence-corrected chi connectivity index (χ0v) is 14.7. The Hall–Kier alpha value is -3.26. The molecule has 8 heteroatoms. The van der Waals surface area contributed by atoms with Crippen LogP contribution in [0.25, 0.3) is 0 Å². The number of amides is 1. The SMILES string of the molecule is N=C1c2ccsc2NCN1c1ccc(NC(=O)c2cc(F)ccc2F)cc1. The summed E-state index contributed by atoms with van der Waals surface area (Å²) >= 11 is 1.55. The van der Waals surface area contributed by atoms with Gasteiger partial charge in [0.1, 0.15) is 22.5 Å². The van der Waals surface area contributed by atoms with Crippen molar-refractivity contribution in [1.29, 1.82) is 5.41 Å². The van der Waals surface area contributed by atoms with E-state index in [9.17, 15) is 13.6 Å². The lowest BCUT2D eigenvalue weighted by atomic mass is 10.1. The molecule has 0 saturated carbocycles. The highest BCUT2D eigenvalue weighted by atomic mass is 32.1. The molecule has 0 spiro atoms. The van der Waals surface area contributed by atoms with Crippen LogP contribution in [0, 0.1) is 17.0 Å². The van der Waals surface area contributed by atoms with Gasteiger partial charge >= 0.3 is 0 Å². The smallest absolute Gasteiger partial charge is 0.258 e. The Morgan fingerprint density at radius 2 is 1.93 bits per heavy atom. The molecule has 0 radical (unpaired) electrons. The fraction of sp³-hybridized carbons (Fsp3) is 0.0526. The summed E-state index contributed by atoms with van der Waals surface area (Å²) in [5.41, 5.74) is 1.70. The second-order valence-electron chi connectivity index (χ2n) is 5.90. The van der Waals surface area contributed by atoms with Crippen molar-refractivity contribution in [2.45, 2.75) is 0 Å². The van der Waals surface area contributed by atoms with Crippen LogP contribution in [0.3, 0.4) is 0 Å². The van der Waals surface area contributed by atoms with Crippen LogP contribution in [0.15, 0.2) is 53.9 Å². The van der Waals surface area contributed by atoms with Crippen LogP contribution in [0.2, 0.25) is 0 Å². The van der Waals surface area contributed by atoms with Gasteiger partial charge in [-0.3, -0.25) is 10.2 Å². The van der Waals surface area contributed by atoms with Gasteiger partial charge in [0, 0.05) is 11.4 Å². The summed E-state index contributed by atoms with van der Waals surface area (Å²) in [5, 5.41) is 17.1. The van der Waals surface area contributed by atoms with Gasteiger partial charge in [-0.2, -0.15) is 0 Å². The first-order valence-corrected chi connectivity index (χ1v) is 8.95. The van der Waals surface area contributed by atoms with E-state index in [1.165, 1.54) is 0 Å². The maximum atomic E-state index is 13.7. The fourth-order valence-corrected chi connectivity index (χ4v) is 3.60. The molecule has 0 fully saturated rings. The van der Waals surface area contributed by atoms with Gasteiger partial charge in [0.05, 0.1) is 17.8 Å². The largest absolute Gasteiger partial charge is 0.359 e. The predicted molar refractivity (Wildman–Crippen MR) is 103 cm³/mol. The van der Waals surface area contributed by atoms with Gasteiger partial charge < -0.3 is 15.5 Å². The summed E-state index contributed by atoms with van der Waals surface area (Å²) in [6.07, 6.45) is 0. The van der Waals surface area contributed by atoms with Gasteiger partial charge in [0.15, 0.2) is 0 Å². The molecule has 1 aliphatic rings.